The fraction of sp³-hybridized carbons (Fsp3) is 0.421. The van der Waals surface area contributed by atoms with Crippen molar-refractivity contribution in [3.05, 3.63) is 36.0 Å². The van der Waals surface area contributed by atoms with Crippen molar-refractivity contribution in [2.45, 2.75) is 25.7 Å². The number of imidazole rings is 1. The van der Waals surface area contributed by atoms with E-state index in [9.17, 15) is 4.79 Å². The summed E-state index contributed by atoms with van der Waals surface area (Å²) < 4.78 is 1.96. The Kier molecular flexibility index (Phi) is 5.25. The number of nitrogen functional groups attached to an aromatic ring is 1. The van der Waals surface area contributed by atoms with Gasteiger partial charge in [-0.1, -0.05) is 24.3 Å². The zero-order valence-corrected chi connectivity index (χ0v) is 14.9. The number of anilines is 1. The van der Waals surface area contributed by atoms with Crippen LogP contribution in [0.5, 0.6) is 0 Å². The zero-order chi connectivity index (χ0) is 18.7. The molecule has 0 amide bonds. The molecule has 138 valence electrons. The number of hydrogen-bond donors (Lipinski definition) is 4. The summed E-state index contributed by atoms with van der Waals surface area (Å²) in [5.74, 6) is 1.37. The molecule has 0 radical (unpaired) electrons. The summed E-state index contributed by atoms with van der Waals surface area (Å²) in [5, 5.41) is 19.9. The highest BCUT2D eigenvalue weighted by atomic mass is 16.4. The van der Waals surface area contributed by atoms with Crippen LogP contribution in [-0.2, 0) is 11.8 Å². The first-order valence-electron chi connectivity index (χ1n) is 8.89. The summed E-state index contributed by atoms with van der Waals surface area (Å²) in [6.07, 6.45) is 5.36. The Bertz CT molecular complexity index is 789. The molecule has 2 aromatic rings. The summed E-state index contributed by atoms with van der Waals surface area (Å²) in [5.41, 5.74) is 7.15. The van der Waals surface area contributed by atoms with E-state index in [1.165, 1.54) is 0 Å². The summed E-state index contributed by atoms with van der Waals surface area (Å²) in [6, 6.07) is 7.47. The quantitative estimate of drug-likeness (QED) is 0.469. The molecule has 0 atom stereocenters. The highest BCUT2D eigenvalue weighted by Gasteiger charge is 2.25. The minimum Gasteiger partial charge on any atom is -0.481 e. The number of aliphatic carboxylic acids is 1. The van der Waals surface area contributed by atoms with E-state index in [0.29, 0.717) is 11.5 Å². The van der Waals surface area contributed by atoms with Crippen LogP contribution in [0.4, 0.5) is 5.82 Å². The number of nitrogens with two attached hydrogens (primary N) is 1. The number of hydrogen-bond acceptors (Lipinski definition) is 4. The van der Waals surface area contributed by atoms with E-state index in [1.807, 2.05) is 42.1 Å². The van der Waals surface area contributed by atoms with Gasteiger partial charge in [-0.2, -0.15) is 0 Å². The Balaban J connectivity index is 1.60. The molecular weight excluding hydrogens is 330 g/mol. The molecule has 1 aromatic heterocycles. The smallest absolute Gasteiger partial charge is 0.306 e. The summed E-state index contributed by atoms with van der Waals surface area (Å²) in [4.78, 5) is 15.7. The van der Waals surface area contributed by atoms with Gasteiger partial charge in [-0.05, 0) is 31.6 Å². The van der Waals surface area contributed by atoms with Gasteiger partial charge in [0.2, 0.25) is 0 Å². The number of nitrogens with one attached hydrogen (secondary N) is 2. The predicted molar refractivity (Wildman–Crippen MR) is 101 cm³/mol. The first-order chi connectivity index (χ1) is 12.4. The lowest BCUT2D eigenvalue weighted by Gasteiger charge is -2.26. The molecule has 0 unspecified atom stereocenters. The molecule has 1 heterocycles. The molecular formula is C19H25N5O2. The number of carbonyl (C=O) groups is 1. The van der Waals surface area contributed by atoms with Crippen molar-refractivity contribution in [2.75, 3.05) is 11.9 Å². The van der Waals surface area contributed by atoms with E-state index in [-0.39, 0.29) is 11.8 Å². The number of nitrogens with zero attached hydrogens (tertiary/aromatic N) is 2. The molecule has 1 fully saturated rings. The number of carboxylic acids is 1. The van der Waals surface area contributed by atoms with E-state index in [0.717, 1.165) is 49.4 Å². The number of carboxylic acid groups (broad SMARTS) is 1. The Morgan fingerprint density at radius 1 is 1.31 bits per heavy atom. The standard InChI is InChI=1S/C19H25N5O2/c1-24-11-16(22-10-12-2-4-15(5-3-12)19(25)26)23-18(24)14-8-6-13(7-9-14)17(20)21/h6-9,11-12,15,22H,2-5,10H2,1H3,(H3,20,21)(H,25,26). The molecule has 1 saturated carbocycles. The number of aromatic nitrogens is 2. The monoisotopic (exact) mass is 355 g/mol. The van der Waals surface area contributed by atoms with Crippen molar-refractivity contribution >= 4 is 17.6 Å². The highest BCUT2D eigenvalue weighted by molar-refractivity contribution is 5.95. The molecule has 26 heavy (non-hydrogen) atoms. The second kappa shape index (κ2) is 7.59. The van der Waals surface area contributed by atoms with Crippen LogP contribution in [0.3, 0.4) is 0 Å². The number of benzene rings is 1. The molecule has 0 bridgehead atoms. The van der Waals surface area contributed by atoms with Crippen LogP contribution < -0.4 is 11.1 Å². The Morgan fingerprint density at radius 2 is 1.96 bits per heavy atom. The molecule has 3 rings (SSSR count). The molecule has 7 nitrogen and oxygen atoms in total. The second-order valence-corrected chi connectivity index (χ2v) is 6.99. The van der Waals surface area contributed by atoms with Crippen LogP contribution in [0.2, 0.25) is 0 Å². The lowest BCUT2D eigenvalue weighted by atomic mass is 9.82. The van der Waals surface area contributed by atoms with Crippen LogP contribution in [0.25, 0.3) is 11.4 Å². The third-order valence-electron chi connectivity index (χ3n) is 5.10. The maximum atomic E-state index is 11.0. The third kappa shape index (κ3) is 4.04. The number of aryl methyl sites for hydroxylation is 1. The lowest BCUT2D eigenvalue weighted by molar-refractivity contribution is -0.143. The molecule has 0 spiro atoms. The molecule has 1 aromatic carbocycles. The van der Waals surface area contributed by atoms with Gasteiger partial charge in [0.15, 0.2) is 0 Å². The fourth-order valence-electron chi connectivity index (χ4n) is 3.48. The summed E-state index contributed by atoms with van der Waals surface area (Å²) >= 11 is 0. The van der Waals surface area contributed by atoms with E-state index in [4.69, 9.17) is 16.2 Å². The molecule has 7 heteroatoms. The van der Waals surface area contributed by atoms with Gasteiger partial charge in [0.1, 0.15) is 17.5 Å². The van der Waals surface area contributed by atoms with Crippen molar-refractivity contribution in [1.82, 2.24) is 9.55 Å². The third-order valence-corrected chi connectivity index (χ3v) is 5.10. The SMILES string of the molecule is Cn1cc(NCC2CCC(C(=O)O)CC2)nc1-c1ccc(C(=N)N)cc1. The van der Waals surface area contributed by atoms with Crippen LogP contribution in [0.1, 0.15) is 31.2 Å². The maximum Gasteiger partial charge on any atom is 0.306 e. The molecule has 5 N–H and O–H groups in total. The Labute approximate surface area is 152 Å². The zero-order valence-electron chi connectivity index (χ0n) is 14.9. The Hall–Kier alpha value is -2.83. The lowest BCUT2D eigenvalue weighted by Crippen LogP contribution is -2.25. The van der Waals surface area contributed by atoms with Gasteiger partial charge in [-0.3, -0.25) is 10.2 Å². The highest BCUT2D eigenvalue weighted by Crippen LogP contribution is 2.29. The van der Waals surface area contributed by atoms with Crippen LogP contribution in [0.15, 0.2) is 30.5 Å². The summed E-state index contributed by atoms with van der Waals surface area (Å²) in [7, 11) is 1.95. The van der Waals surface area contributed by atoms with Gasteiger partial charge >= 0.3 is 5.97 Å². The van der Waals surface area contributed by atoms with E-state index in [2.05, 4.69) is 10.3 Å². The molecule has 1 aliphatic carbocycles. The van der Waals surface area contributed by atoms with Crippen LogP contribution in [-0.4, -0.2) is 33.0 Å². The van der Waals surface area contributed by atoms with Gasteiger partial charge in [0.25, 0.3) is 0 Å². The van der Waals surface area contributed by atoms with E-state index >= 15 is 0 Å². The van der Waals surface area contributed by atoms with Crippen LogP contribution >= 0.6 is 0 Å². The average molecular weight is 355 g/mol. The van der Waals surface area contributed by atoms with E-state index in [1.54, 1.807) is 0 Å². The average Bonchev–Trinajstić information content (AvgIpc) is 3.01. The van der Waals surface area contributed by atoms with Crippen LogP contribution in [0, 0.1) is 17.2 Å². The van der Waals surface area contributed by atoms with Gasteiger partial charge < -0.3 is 20.7 Å². The van der Waals surface area contributed by atoms with Gasteiger partial charge in [-0.25, -0.2) is 4.98 Å². The fourth-order valence-corrected chi connectivity index (χ4v) is 3.48. The summed E-state index contributed by atoms with van der Waals surface area (Å²) in [6.45, 7) is 0.812. The number of amidine groups is 1. The van der Waals surface area contributed by atoms with Gasteiger partial charge in [0.05, 0.1) is 5.92 Å². The largest absolute Gasteiger partial charge is 0.481 e. The van der Waals surface area contributed by atoms with Crippen molar-refractivity contribution in [3.63, 3.8) is 0 Å². The Morgan fingerprint density at radius 3 is 2.54 bits per heavy atom. The normalized spacial score (nSPS) is 19.9. The van der Waals surface area contributed by atoms with Crippen molar-refractivity contribution in [3.8, 4) is 11.4 Å². The molecule has 1 aliphatic rings. The van der Waals surface area contributed by atoms with Crippen molar-refractivity contribution < 1.29 is 9.90 Å². The van der Waals surface area contributed by atoms with Gasteiger partial charge in [0, 0.05) is 30.9 Å². The first kappa shape index (κ1) is 18.0. The van der Waals surface area contributed by atoms with E-state index < -0.39 is 5.97 Å². The minimum atomic E-state index is -0.665. The minimum absolute atomic E-state index is 0.0522. The first-order valence-corrected chi connectivity index (χ1v) is 8.89. The number of rotatable bonds is 6. The van der Waals surface area contributed by atoms with Crippen molar-refractivity contribution in [1.29, 1.82) is 5.41 Å². The second-order valence-electron chi connectivity index (χ2n) is 6.99. The molecule has 0 saturated heterocycles. The maximum absolute atomic E-state index is 11.0. The molecule has 0 aliphatic heterocycles. The van der Waals surface area contributed by atoms with Gasteiger partial charge in [-0.15, -0.1) is 0 Å². The van der Waals surface area contributed by atoms with Crippen molar-refractivity contribution in [2.24, 2.45) is 24.6 Å². The topological polar surface area (TPSA) is 117 Å². The predicted octanol–water partition coefficient (Wildman–Crippen LogP) is 2.67.